The first-order valence-corrected chi connectivity index (χ1v) is 9.95. The van der Waals surface area contributed by atoms with Crippen LogP contribution in [0.4, 0.5) is 0 Å². The van der Waals surface area contributed by atoms with Crippen molar-refractivity contribution in [2.75, 3.05) is 5.75 Å². The summed E-state index contributed by atoms with van der Waals surface area (Å²) in [6.07, 6.45) is 2.76. The Morgan fingerprint density at radius 2 is 2.12 bits per heavy atom. The number of nitrogens with zero attached hydrogens (tertiary/aromatic N) is 3. The lowest BCUT2D eigenvalue weighted by Crippen LogP contribution is -2.04. The van der Waals surface area contributed by atoms with Gasteiger partial charge in [-0.1, -0.05) is 19.8 Å². The molecule has 0 spiro atoms. The van der Waals surface area contributed by atoms with Gasteiger partial charge in [0, 0.05) is 22.6 Å². The second kappa shape index (κ2) is 8.72. The zero-order valence-corrected chi connectivity index (χ0v) is 17.5. The molecule has 2 heterocycles. The van der Waals surface area contributed by atoms with E-state index in [0.717, 1.165) is 26.2 Å². The van der Waals surface area contributed by atoms with Gasteiger partial charge in [0.05, 0.1) is 12.1 Å². The molecule has 0 unspecified atom stereocenters. The molecule has 0 amide bonds. The maximum Gasteiger partial charge on any atom is 0.320 e. The van der Waals surface area contributed by atoms with Crippen LogP contribution in [-0.2, 0) is 9.53 Å². The van der Waals surface area contributed by atoms with E-state index in [4.69, 9.17) is 4.74 Å². The van der Waals surface area contributed by atoms with Crippen LogP contribution in [0.3, 0.4) is 0 Å². The maximum absolute atomic E-state index is 11.7. The van der Waals surface area contributed by atoms with Crippen molar-refractivity contribution < 1.29 is 9.53 Å². The number of ether oxygens (including phenoxy) is 1. The molecule has 134 valence electrons. The maximum atomic E-state index is 11.7. The van der Waals surface area contributed by atoms with Gasteiger partial charge in [0.1, 0.15) is 21.7 Å². The van der Waals surface area contributed by atoms with Crippen molar-refractivity contribution in [2.24, 2.45) is 5.92 Å². The molecular weight excluding hydrogens is 402 g/mol. The van der Waals surface area contributed by atoms with E-state index in [2.05, 4.69) is 51.9 Å². The first kappa shape index (κ1) is 19.8. The van der Waals surface area contributed by atoms with E-state index >= 15 is 0 Å². The van der Waals surface area contributed by atoms with Gasteiger partial charge in [-0.05, 0) is 42.8 Å². The standard InChI is InChI=1S/C18H22BrN3O2S/c1-11(2)6-8-24-16(23)7-9-25-14-10-15(19)20-17-13(5)21-22(12(3)4)18(14)17/h10-12H,7,9H2,1-5H3. The van der Waals surface area contributed by atoms with Crippen LogP contribution < -0.4 is 0 Å². The number of thioether (sulfide) groups is 1. The predicted octanol–water partition coefficient (Wildman–Crippen LogP) is 4.73. The van der Waals surface area contributed by atoms with Gasteiger partial charge >= 0.3 is 5.97 Å². The van der Waals surface area contributed by atoms with E-state index in [1.807, 2.05) is 31.5 Å². The second-order valence-corrected chi connectivity index (χ2v) is 8.19. The molecule has 0 bridgehead atoms. The van der Waals surface area contributed by atoms with E-state index < -0.39 is 0 Å². The fourth-order valence-corrected chi connectivity index (χ4v) is 3.77. The van der Waals surface area contributed by atoms with Gasteiger partial charge in [0.25, 0.3) is 0 Å². The van der Waals surface area contributed by atoms with E-state index in [1.165, 1.54) is 0 Å². The third-order valence-electron chi connectivity index (χ3n) is 3.32. The first-order valence-electron chi connectivity index (χ1n) is 8.18. The normalized spacial score (nSPS) is 11.0. The van der Waals surface area contributed by atoms with Crippen molar-refractivity contribution >= 4 is 44.7 Å². The Labute approximate surface area is 161 Å². The van der Waals surface area contributed by atoms with Crippen molar-refractivity contribution in [1.29, 1.82) is 0 Å². The number of fused-ring (bicyclic) bond motifs is 1. The molecule has 0 aliphatic carbocycles. The Balaban J connectivity index is 2.13. The van der Waals surface area contributed by atoms with Crippen LogP contribution in [0, 0.1) is 24.9 Å². The fraction of sp³-hybridized carbons (Fsp3) is 0.500. The molecule has 0 saturated carbocycles. The fourth-order valence-electron chi connectivity index (χ4n) is 2.20. The third-order valence-corrected chi connectivity index (χ3v) is 4.76. The molecule has 0 atom stereocenters. The zero-order valence-electron chi connectivity index (χ0n) is 15.1. The number of carbonyl (C=O) groups is 1. The number of hydrogen-bond acceptors (Lipinski definition) is 5. The van der Waals surface area contributed by atoms with Gasteiger partial charge < -0.3 is 4.74 Å². The molecule has 2 rings (SSSR count). The molecular formula is C18H22BrN3O2S. The largest absolute Gasteiger partial charge is 0.372 e. The Morgan fingerprint density at radius 3 is 2.76 bits per heavy atom. The summed E-state index contributed by atoms with van der Waals surface area (Å²) >= 11 is 5.06. The number of carbonyl (C=O) groups excluding carboxylic acids is 1. The SMILES string of the molecule is Cc1nn(C(C)C)c2c(SCCC(=O)OC#CC(C)C)cc(Br)nc12. The van der Waals surface area contributed by atoms with Crippen molar-refractivity contribution in [2.45, 2.75) is 52.0 Å². The lowest BCUT2D eigenvalue weighted by atomic mass is 10.2. The lowest BCUT2D eigenvalue weighted by Gasteiger charge is -2.10. The van der Waals surface area contributed by atoms with Crippen LogP contribution in [-0.4, -0.2) is 26.5 Å². The van der Waals surface area contributed by atoms with Crippen molar-refractivity contribution in [3.8, 4) is 12.0 Å². The quantitative estimate of drug-likeness (QED) is 0.301. The summed E-state index contributed by atoms with van der Waals surface area (Å²) in [6.45, 7) is 10.0. The van der Waals surface area contributed by atoms with E-state index in [1.54, 1.807) is 11.8 Å². The van der Waals surface area contributed by atoms with Crippen LogP contribution >= 0.6 is 27.7 Å². The van der Waals surface area contributed by atoms with Gasteiger partial charge in [-0.25, -0.2) is 4.98 Å². The zero-order chi connectivity index (χ0) is 18.6. The Bertz CT molecular complexity index is 834. The van der Waals surface area contributed by atoms with Crippen molar-refractivity contribution in [3.63, 3.8) is 0 Å². The summed E-state index contributed by atoms with van der Waals surface area (Å²) in [4.78, 5) is 17.3. The van der Waals surface area contributed by atoms with E-state index in [9.17, 15) is 4.79 Å². The highest BCUT2D eigenvalue weighted by molar-refractivity contribution is 9.10. The van der Waals surface area contributed by atoms with Crippen LogP contribution in [0.25, 0.3) is 11.0 Å². The molecule has 0 radical (unpaired) electrons. The second-order valence-electron chi connectivity index (χ2n) is 6.24. The monoisotopic (exact) mass is 423 g/mol. The molecule has 2 aromatic heterocycles. The van der Waals surface area contributed by atoms with Gasteiger partial charge in [-0.2, -0.15) is 5.10 Å². The highest BCUT2D eigenvalue weighted by Crippen LogP contribution is 2.33. The third kappa shape index (κ3) is 5.23. The summed E-state index contributed by atoms with van der Waals surface area (Å²) in [5.41, 5.74) is 2.79. The molecule has 0 fully saturated rings. The van der Waals surface area contributed by atoms with Gasteiger partial charge in [-0.15, -0.1) is 11.8 Å². The lowest BCUT2D eigenvalue weighted by molar-refractivity contribution is -0.136. The number of pyridine rings is 1. The molecule has 2 aromatic rings. The Hall–Kier alpha value is -1.52. The molecule has 0 saturated heterocycles. The number of aryl methyl sites for hydroxylation is 1. The van der Waals surface area contributed by atoms with Crippen LogP contribution in [0.2, 0.25) is 0 Å². The number of esters is 1. The predicted molar refractivity (Wildman–Crippen MR) is 104 cm³/mol. The minimum atomic E-state index is -0.307. The molecule has 0 N–H and O–H groups in total. The molecule has 0 aliphatic rings. The number of rotatable bonds is 5. The van der Waals surface area contributed by atoms with Gasteiger partial charge in [0.2, 0.25) is 0 Å². The molecule has 0 aromatic carbocycles. The first-order chi connectivity index (χ1) is 11.8. The Morgan fingerprint density at radius 1 is 1.40 bits per heavy atom. The van der Waals surface area contributed by atoms with Crippen LogP contribution in [0.1, 0.15) is 45.9 Å². The number of aromatic nitrogens is 3. The molecule has 0 aliphatic heterocycles. The van der Waals surface area contributed by atoms with Gasteiger partial charge in [0.15, 0.2) is 0 Å². The molecule has 7 heteroatoms. The number of halogens is 1. The number of hydrogen-bond donors (Lipinski definition) is 0. The topological polar surface area (TPSA) is 57.0 Å². The molecule has 25 heavy (non-hydrogen) atoms. The van der Waals surface area contributed by atoms with E-state index in [-0.39, 0.29) is 17.9 Å². The smallest absolute Gasteiger partial charge is 0.320 e. The van der Waals surface area contributed by atoms with E-state index in [0.29, 0.717) is 12.2 Å². The summed E-state index contributed by atoms with van der Waals surface area (Å²) in [5, 5.41) is 4.60. The summed E-state index contributed by atoms with van der Waals surface area (Å²) in [5.74, 6) is 3.30. The summed E-state index contributed by atoms with van der Waals surface area (Å²) < 4.78 is 7.66. The van der Waals surface area contributed by atoms with Crippen molar-refractivity contribution in [1.82, 2.24) is 14.8 Å². The highest BCUT2D eigenvalue weighted by Gasteiger charge is 2.17. The Kier molecular flexibility index (Phi) is 6.91. The summed E-state index contributed by atoms with van der Waals surface area (Å²) in [6, 6.07) is 2.20. The average Bonchev–Trinajstić information content (AvgIpc) is 2.84. The summed E-state index contributed by atoms with van der Waals surface area (Å²) in [7, 11) is 0. The minimum Gasteiger partial charge on any atom is -0.372 e. The highest BCUT2D eigenvalue weighted by atomic mass is 79.9. The van der Waals surface area contributed by atoms with Crippen LogP contribution in [0.5, 0.6) is 0 Å². The van der Waals surface area contributed by atoms with Gasteiger partial charge in [-0.3, -0.25) is 9.48 Å². The molecule has 5 nitrogen and oxygen atoms in total. The van der Waals surface area contributed by atoms with Crippen molar-refractivity contribution in [3.05, 3.63) is 16.4 Å². The van der Waals surface area contributed by atoms with Crippen LogP contribution in [0.15, 0.2) is 15.6 Å². The average molecular weight is 424 g/mol. The minimum absolute atomic E-state index is 0.184.